The van der Waals surface area contributed by atoms with Gasteiger partial charge in [0.2, 0.25) is 6.10 Å². The van der Waals surface area contributed by atoms with Crippen molar-refractivity contribution in [2.75, 3.05) is 12.4 Å². The van der Waals surface area contributed by atoms with Gasteiger partial charge >= 0.3 is 6.18 Å². The molecule has 5 rings (SSSR count). The zero-order chi connectivity index (χ0) is 28.8. The number of ether oxygens (including phenoxy) is 1. The van der Waals surface area contributed by atoms with E-state index in [1.165, 1.54) is 0 Å². The number of primary amides is 1. The molecule has 1 aliphatic rings. The second-order valence-electron chi connectivity index (χ2n) is 9.26. The fourth-order valence-electron chi connectivity index (χ4n) is 4.35. The molecule has 3 N–H and O–H groups in total. The first-order chi connectivity index (χ1) is 19.0. The van der Waals surface area contributed by atoms with Crippen LogP contribution in [0, 0.1) is 13.8 Å². The Balaban J connectivity index is 1.55. The summed E-state index contributed by atoms with van der Waals surface area (Å²) >= 11 is 0.682. The second-order valence-corrected chi connectivity index (χ2v) is 10.3. The number of aryl methyl sites for hydroxylation is 2. The van der Waals surface area contributed by atoms with Crippen molar-refractivity contribution in [3.05, 3.63) is 75.8 Å². The lowest BCUT2D eigenvalue weighted by molar-refractivity contribution is -0.140. The molecule has 2 amide bonds. The van der Waals surface area contributed by atoms with Crippen molar-refractivity contribution >= 4 is 44.8 Å². The number of thiophene rings is 1. The largest absolute Gasteiger partial charge is 0.497 e. The number of rotatable bonds is 6. The molecule has 8 nitrogen and oxygen atoms in total. The van der Waals surface area contributed by atoms with Gasteiger partial charge in [0.1, 0.15) is 21.2 Å². The SMILES string of the molecule is COc1ccc(C2=NOC(C(=O)Nc3c(C(N)=O)sc4nc(C(F)(F)F)cc(-c5ccc(C)c(C)c5)c34)C2)cc1. The molecule has 0 aliphatic carbocycles. The van der Waals surface area contributed by atoms with E-state index in [0.717, 1.165) is 22.8 Å². The van der Waals surface area contributed by atoms with Crippen molar-refractivity contribution in [2.45, 2.75) is 32.5 Å². The number of nitrogens with one attached hydrogen (secondary N) is 1. The van der Waals surface area contributed by atoms with E-state index in [1.54, 1.807) is 49.6 Å². The van der Waals surface area contributed by atoms with Gasteiger partial charge in [0, 0.05) is 11.8 Å². The zero-order valence-electron chi connectivity index (χ0n) is 21.6. The summed E-state index contributed by atoms with van der Waals surface area (Å²) in [6.07, 6.45) is -5.65. The van der Waals surface area contributed by atoms with Gasteiger partial charge < -0.3 is 20.6 Å². The maximum absolute atomic E-state index is 13.8. The van der Waals surface area contributed by atoms with Crippen LogP contribution in [-0.2, 0) is 15.8 Å². The molecule has 1 atom stereocenters. The van der Waals surface area contributed by atoms with E-state index in [0.29, 0.717) is 28.4 Å². The van der Waals surface area contributed by atoms with E-state index >= 15 is 0 Å². The van der Waals surface area contributed by atoms with Crippen LogP contribution in [0.15, 0.2) is 53.7 Å². The number of pyridine rings is 1. The van der Waals surface area contributed by atoms with Crippen LogP contribution in [0.1, 0.15) is 38.5 Å². The van der Waals surface area contributed by atoms with Gasteiger partial charge in [-0.1, -0.05) is 23.4 Å². The maximum atomic E-state index is 13.8. The number of fused-ring (bicyclic) bond motifs is 1. The Morgan fingerprint density at radius 1 is 1.07 bits per heavy atom. The Morgan fingerprint density at radius 2 is 1.77 bits per heavy atom. The van der Waals surface area contributed by atoms with Gasteiger partial charge in [-0.15, -0.1) is 11.3 Å². The summed E-state index contributed by atoms with van der Waals surface area (Å²) in [7, 11) is 1.55. The Kier molecular flexibility index (Phi) is 6.96. The van der Waals surface area contributed by atoms with Gasteiger partial charge in [-0.3, -0.25) is 9.59 Å². The van der Waals surface area contributed by atoms with Crippen LogP contribution in [0.2, 0.25) is 0 Å². The maximum Gasteiger partial charge on any atom is 0.433 e. The van der Waals surface area contributed by atoms with Crippen molar-refractivity contribution in [3.8, 4) is 16.9 Å². The monoisotopic (exact) mass is 568 g/mol. The number of carbonyl (C=O) groups is 2. The number of hydrogen-bond acceptors (Lipinski definition) is 7. The van der Waals surface area contributed by atoms with Crippen molar-refractivity contribution in [1.82, 2.24) is 4.98 Å². The standard InChI is InChI=1S/C28H23F3N4O4S/c1-13-4-5-16(10-14(13)2)18-11-21(28(29,30)31)33-27-22(18)23(24(40-27)25(32)36)34-26(37)20-12-19(35-39-20)15-6-8-17(38-3)9-7-15/h4-11,20H,12H2,1-3H3,(H2,32,36)(H,34,37). The van der Waals surface area contributed by atoms with Crippen LogP contribution in [0.25, 0.3) is 21.3 Å². The molecule has 1 unspecified atom stereocenters. The van der Waals surface area contributed by atoms with Crippen molar-refractivity contribution in [1.29, 1.82) is 0 Å². The zero-order valence-corrected chi connectivity index (χ0v) is 22.4. The van der Waals surface area contributed by atoms with Crippen molar-refractivity contribution in [2.24, 2.45) is 10.9 Å². The molecule has 2 aromatic heterocycles. The van der Waals surface area contributed by atoms with Crippen LogP contribution in [-0.4, -0.2) is 35.7 Å². The molecule has 0 bridgehead atoms. The Labute approximate surface area is 230 Å². The number of carbonyl (C=O) groups excluding carboxylic acids is 2. The topological polar surface area (TPSA) is 116 Å². The Hall–Kier alpha value is -4.45. The number of halogens is 3. The fraction of sp³-hybridized carbons (Fsp3) is 0.214. The highest BCUT2D eigenvalue weighted by Gasteiger charge is 2.36. The van der Waals surface area contributed by atoms with E-state index in [9.17, 15) is 22.8 Å². The molecule has 0 saturated carbocycles. The summed E-state index contributed by atoms with van der Waals surface area (Å²) in [5.74, 6) is -0.899. The number of aromatic nitrogens is 1. The number of methoxy groups -OCH3 is 1. The molecule has 40 heavy (non-hydrogen) atoms. The van der Waals surface area contributed by atoms with Crippen LogP contribution in [0.3, 0.4) is 0 Å². The summed E-state index contributed by atoms with van der Waals surface area (Å²) < 4.78 is 46.6. The van der Waals surface area contributed by atoms with Crippen LogP contribution in [0.4, 0.5) is 18.9 Å². The summed E-state index contributed by atoms with van der Waals surface area (Å²) in [4.78, 5) is 34.6. The number of alkyl halides is 3. The van der Waals surface area contributed by atoms with Crippen LogP contribution < -0.4 is 15.8 Å². The normalized spacial score (nSPS) is 15.1. The molecule has 0 saturated heterocycles. The van der Waals surface area contributed by atoms with Crippen molar-refractivity contribution < 1.29 is 32.3 Å². The average Bonchev–Trinajstić information content (AvgIpc) is 3.55. The molecular formula is C28H23F3N4O4S. The van der Waals surface area contributed by atoms with Gasteiger partial charge in [-0.2, -0.15) is 13.2 Å². The molecule has 206 valence electrons. The van der Waals surface area contributed by atoms with E-state index in [4.69, 9.17) is 15.3 Å². The van der Waals surface area contributed by atoms with Crippen LogP contribution in [0.5, 0.6) is 5.75 Å². The predicted molar refractivity (Wildman–Crippen MR) is 146 cm³/mol. The summed E-state index contributed by atoms with van der Waals surface area (Å²) in [6.45, 7) is 3.72. The third kappa shape index (κ3) is 5.09. The molecule has 0 fully saturated rings. The molecule has 12 heteroatoms. The first-order valence-electron chi connectivity index (χ1n) is 12.1. The molecule has 4 aromatic rings. The third-order valence-electron chi connectivity index (χ3n) is 6.63. The lowest BCUT2D eigenvalue weighted by atomic mass is 9.97. The molecular weight excluding hydrogens is 545 g/mol. The van der Waals surface area contributed by atoms with Gasteiger partial charge in [0.15, 0.2) is 0 Å². The van der Waals surface area contributed by atoms with E-state index in [-0.39, 0.29) is 32.8 Å². The molecule has 0 radical (unpaired) electrons. The van der Waals surface area contributed by atoms with E-state index in [1.807, 2.05) is 13.8 Å². The number of nitrogens with zero attached hydrogens (tertiary/aromatic N) is 2. The van der Waals surface area contributed by atoms with Crippen molar-refractivity contribution in [3.63, 3.8) is 0 Å². The Morgan fingerprint density at radius 3 is 2.40 bits per heavy atom. The highest BCUT2D eigenvalue weighted by molar-refractivity contribution is 7.21. The smallest absolute Gasteiger partial charge is 0.433 e. The highest BCUT2D eigenvalue weighted by atomic mass is 32.1. The Bertz CT molecular complexity index is 1680. The number of hydrogen-bond donors (Lipinski definition) is 2. The molecule has 3 heterocycles. The predicted octanol–water partition coefficient (Wildman–Crippen LogP) is 5.84. The third-order valence-corrected chi connectivity index (χ3v) is 7.73. The van der Waals surface area contributed by atoms with Crippen LogP contribution >= 0.6 is 11.3 Å². The summed E-state index contributed by atoms with van der Waals surface area (Å²) in [5.41, 5.74) is 8.14. The number of anilines is 1. The van der Waals surface area contributed by atoms with E-state index in [2.05, 4.69) is 15.5 Å². The number of benzene rings is 2. The van der Waals surface area contributed by atoms with Gasteiger partial charge in [0.05, 0.1) is 18.5 Å². The minimum atomic E-state index is -4.74. The number of oxime groups is 1. The van der Waals surface area contributed by atoms with Gasteiger partial charge in [-0.05, 0) is 72.0 Å². The molecule has 1 aliphatic heterocycles. The summed E-state index contributed by atoms with van der Waals surface area (Å²) in [5, 5.41) is 6.87. The first-order valence-corrected chi connectivity index (χ1v) is 12.9. The molecule has 2 aromatic carbocycles. The lowest BCUT2D eigenvalue weighted by Gasteiger charge is -2.14. The minimum Gasteiger partial charge on any atom is -0.497 e. The molecule has 0 spiro atoms. The number of nitrogens with two attached hydrogens (primary N) is 1. The van der Waals surface area contributed by atoms with E-state index < -0.39 is 29.8 Å². The average molecular weight is 569 g/mol. The first kappa shape index (κ1) is 27.1. The fourth-order valence-corrected chi connectivity index (χ4v) is 5.36. The lowest BCUT2D eigenvalue weighted by Crippen LogP contribution is -2.29. The second kappa shape index (κ2) is 10.3. The quantitative estimate of drug-likeness (QED) is 0.303. The number of amides is 2. The summed E-state index contributed by atoms with van der Waals surface area (Å²) in [6, 6.07) is 13.2. The van der Waals surface area contributed by atoms with Gasteiger partial charge in [-0.25, -0.2) is 4.98 Å². The van der Waals surface area contributed by atoms with Gasteiger partial charge in [0.25, 0.3) is 11.8 Å². The minimum absolute atomic E-state index is 0.0200. The highest BCUT2D eigenvalue weighted by Crippen LogP contribution is 2.44.